The number of anilines is 1. The van der Waals surface area contributed by atoms with Crippen LogP contribution in [-0.2, 0) is 9.59 Å². The summed E-state index contributed by atoms with van der Waals surface area (Å²) < 4.78 is 2.16. The molecule has 1 aliphatic rings. The highest BCUT2D eigenvalue weighted by Gasteiger charge is 2.37. The molecule has 0 bridgehead atoms. The third kappa shape index (κ3) is 5.07. The first-order chi connectivity index (χ1) is 17.9. The Morgan fingerprint density at radius 2 is 1.54 bits per heavy atom. The van der Waals surface area contributed by atoms with E-state index in [1.807, 2.05) is 85.6 Å². The van der Waals surface area contributed by atoms with Gasteiger partial charge in [0.15, 0.2) is 0 Å². The lowest BCUT2D eigenvalue weighted by molar-refractivity contribution is -0.134. The Morgan fingerprint density at radius 1 is 0.865 bits per heavy atom. The molecule has 0 saturated heterocycles. The van der Waals surface area contributed by atoms with Crippen molar-refractivity contribution >= 4 is 29.3 Å². The molecular weight excluding hydrogens is 478 g/mol. The van der Waals surface area contributed by atoms with Gasteiger partial charge in [0.1, 0.15) is 12.6 Å². The first kappa shape index (κ1) is 24.9. The molecule has 0 saturated carbocycles. The molecule has 0 aliphatic carbocycles. The molecule has 2 amide bonds. The standard InChI is InChI=1S/C31H31N3O2S/c1-22(2)33(30(36)21-37-25-10-5-4-6-11-25)20-29(35)34-27-13-8-7-12-26(27)32-19-9-14-28(32)31(34)24-17-15-23(3)16-18-24/h4-19,22,31H,20-21H2,1-3H3/t31-/m0/s1. The number of carbonyl (C=O) groups is 2. The van der Waals surface area contributed by atoms with Gasteiger partial charge in [0.25, 0.3) is 0 Å². The summed E-state index contributed by atoms with van der Waals surface area (Å²) in [6.45, 7) is 6.00. The molecule has 0 unspecified atom stereocenters. The Labute approximate surface area is 222 Å². The molecule has 188 valence electrons. The van der Waals surface area contributed by atoms with Crippen molar-refractivity contribution in [1.29, 1.82) is 0 Å². The molecule has 0 N–H and O–H groups in total. The number of carbonyl (C=O) groups excluding carboxylic acids is 2. The van der Waals surface area contributed by atoms with Crippen LogP contribution in [0.3, 0.4) is 0 Å². The van der Waals surface area contributed by atoms with Gasteiger partial charge in [0, 0.05) is 17.1 Å². The van der Waals surface area contributed by atoms with Crippen LogP contribution in [-0.4, -0.2) is 39.6 Å². The lowest BCUT2D eigenvalue weighted by atomic mass is 9.97. The monoisotopic (exact) mass is 509 g/mol. The van der Waals surface area contributed by atoms with Gasteiger partial charge in [-0.15, -0.1) is 11.8 Å². The molecule has 5 nitrogen and oxygen atoms in total. The molecule has 37 heavy (non-hydrogen) atoms. The van der Waals surface area contributed by atoms with Gasteiger partial charge >= 0.3 is 0 Å². The van der Waals surface area contributed by atoms with Crippen molar-refractivity contribution in [2.24, 2.45) is 0 Å². The third-order valence-corrected chi connectivity index (χ3v) is 7.73. The Balaban J connectivity index is 1.47. The van der Waals surface area contributed by atoms with Gasteiger partial charge in [-0.05, 0) is 62.7 Å². The van der Waals surface area contributed by atoms with E-state index in [2.05, 4.69) is 41.8 Å². The van der Waals surface area contributed by atoms with Crippen molar-refractivity contribution in [3.05, 3.63) is 114 Å². The molecule has 1 aromatic heterocycles. The van der Waals surface area contributed by atoms with E-state index in [0.717, 1.165) is 27.5 Å². The average molecular weight is 510 g/mol. The number of para-hydroxylation sites is 2. The van der Waals surface area contributed by atoms with E-state index in [1.54, 1.807) is 4.90 Å². The van der Waals surface area contributed by atoms with E-state index in [1.165, 1.54) is 17.3 Å². The summed E-state index contributed by atoms with van der Waals surface area (Å²) in [5.74, 6) is 0.144. The van der Waals surface area contributed by atoms with Gasteiger partial charge in [-0.1, -0.05) is 60.2 Å². The summed E-state index contributed by atoms with van der Waals surface area (Å²) in [6.07, 6.45) is 2.04. The van der Waals surface area contributed by atoms with Crippen molar-refractivity contribution in [1.82, 2.24) is 9.47 Å². The maximum absolute atomic E-state index is 14.2. The lowest BCUT2D eigenvalue weighted by Gasteiger charge is -2.40. The third-order valence-electron chi connectivity index (χ3n) is 6.74. The average Bonchev–Trinajstić information content (AvgIpc) is 3.40. The lowest BCUT2D eigenvalue weighted by Crippen LogP contribution is -2.49. The molecule has 0 radical (unpaired) electrons. The van der Waals surface area contributed by atoms with Crippen LogP contribution in [0.2, 0.25) is 0 Å². The second-order valence-corrected chi connectivity index (χ2v) is 10.6. The highest BCUT2D eigenvalue weighted by molar-refractivity contribution is 8.00. The fourth-order valence-corrected chi connectivity index (χ4v) is 5.66. The smallest absolute Gasteiger partial charge is 0.247 e. The number of aromatic nitrogens is 1. The largest absolute Gasteiger partial charge is 0.330 e. The van der Waals surface area contributed by atoms with Crippen LogP contribution >= 0.6 is 11.8 Å². The number of aryl methyl sites for hydroxylation is 1. The molecule has 4 aromatic rings. The molecule has 0 fully saturated rings. The zero-order chi connectivity index (χ0) is 25.9. The zero-order valence-electron chi connectivity index (χ0n) is 21.4. The van der Waals surface area contributed by atoms with Gasteiger partial charge in [-0.3, -0.25) is 14.5 Å². The fraction of sp³-hybridized carbons (Fsp3) is 0.226. The molecule has 3 aromatic carbocycles. The number of rotatable bonds is 7. The van der Waals surface area contributed by atoms with Gasteiger partial charge in [0.05, 0.1) is 22.8 Å². The quantitative estimate of drug-likeness (QED) is 0.277. The summed E-state index contributed by atoms with van der Waals surface area (Å²) in [5, 5.41) is 0. The fourth-order valence-electron chi connectivity index (χ4n) is 4.85. The number of nitrogens with zero attached hydrogens (tertiary/aromatic N) is 3. The predicted molar refractivity (Wildman–Crippen MR) is 150 cm³/mol. The molecular formula is C31H31N3O2S. The van der Waals surface area contributed by atoms with Crippen LogP contribution in [0.5, 0.6) is 0 Å². The van der Waals surface area contributed by atoms with Crippen molar-refractivity contribution in [2.45, 2.75) is 37.8 Å². The van der Waals surface area contributed by atoms with Crippen molar-refractivity contribution in [2.75, 3.05) is 17.2 Å². The molecule has 2 heterocycles. The molecule has 1 aliphatic heterocycles. The summed E-state index contributed by atoms with van der Waals surface area (Å²) in [4.78, 5) is 32.1. The number of fused-ring (bicyclic) bond motifs is 3. The van der Waals surface area contributed by atoms with Crippen molar-refractivity contribution in [3.8, 4) is 5.69 Å². The van der Waals surface area contributed by atoms with Crippen molar-refractivity contribution < 1.29 is 9.59 Å². The summed E-state index contributed by atoms with van der Waals surface area (Å²) in [5.41, 5.74) is 5.03. The molecule has 0 spiro atoms. The minimum absolute atomic E-state index is 0.0171. The van der Waals surface area contributed by atoms with Crippen LogP contribution in [0.25, 0.3) is 5.69 Å². The van der Waals surface area contributed by atoms with E-state index >= 15 is 0 Å². The van der Waals surface area contributed by atoms with Crippen LogP contribution in [0, 0.1) is 6.92 Å². The van der Waals surface area contributed by atoms with Crippen LogP contribution in [0.1, 0.15) is 36.7 Å². The molecule has 1 atom stereocenters. The van der Waals surface area contributed by atoms with E-state index < -0.39 is 0 Å². The minimum Gasteiger partial charge on any atom is -0.330 e. The van der Waals surface area contributed by atoms with E-state index in [-0.39, 0.29) is 36.2 Å². The second kappa shape index (κ2) is 10.7. The zero-order valence-corrected chi connectivity index (χ0v) is 22.2. The topological polar surface area (TPSA) is 45.6 Å². The Kier molecular flexibility index (Phi) is 7.19. The highest BCUT2D eigenvalue weighted by atomic mass is 32.2. The van der Waals surface area contributed by atoms with Gasteiger partial charge in [0.2, 0.25) is 11.8 Å². The Bertz CT molecular complexity index is 1400. The Hall–Kier alpha value is -3.77. The van der Waals surface area contributed by atoms with Gasteiger partial charge in [-0.2, -0.15) is 0 Å². The van der Waals surface area contributed by atoms with Crippen LogP contribution in [0.4, 0.5) is 5.69 Å². The number of benzene rings is 3. The maximum atomic E-state index is 14.2. The Morgan fingerprint density at radius 3 is 2.24 bits per heavy atom. The normalized spacial score (nSPS) is 14.3. The van der Waals surface area contributed by atoms with Crippen LogP contribution < -0.4 is 4.90 Å². The van der Waals surface area contributed by atoms with E-state index in [4.69, 9.17) is 0 Å². The maximum Gasteiger partial charge on any atom is 0.247 e. The number of amides is 2. The molecule has 5 rings (SSSR count). The first-order valence-electron chi connectivity index (χ1n) is 12.6. The van der Waals surface area contributed by atoms with E-state index in [9.17, 15) is 9.59 Å². The number of thioether (sulfide) groups is 1. The van der Waals surface area contributed by atoms with Gasteiger partial charge in [-0.25, -0.2) is 0 Å². The summed E-state index contributed by atoms with van der Waals surface area (Å²) >= 11 is 1.50. The number of hydrogen-bond acceptors (Lipinski definition) is 3. The molecule has 6 heteroatoms. The van der Waals surface area contributed by atoms with E-state index in [0.29, 0.717) is 0 Å². The second-order valence-electron chi connectivity index (χ2n) is 9.59. The highest BCUT2D eigenvalue weighted by Crippen LogP contribution is 2.42. The first-order valence-corrected chi connectivity index (χ1v) is 13.5. The minimum atomic E-state index is -0.291. The number of hydrogen-bond donors (Lipinski definition) is 0. The van der Waals surface area contributed by atoms with Gasteiger partial charge < -0.3 is 9.47 Å². The van der Waals surface area contributed by atoms with Crippen LogP contribution in [0.15, 0.2) is 102 Å². The summed E-state index contributed by atoms with van der Waals surface area (Å²) in [6, 6.07) is 29.9. The SMILES string of the molecule is Cc1ccc([C@H]2c3cccn3-c3ccccc3N2C(=O)CN(C(=O)CSc2ccccc2)C(C)C)cc1. The van der Waals surface area contributed by atoms with Crippen molar-refractivity contribution in [3.63, 3.8) is 0 Å². The predicted octanol–water partition coefficient (Wildman–Crippen LogP) is 6.25. The summed E-state index contributed by atoms with van der Waals surface area (Å²) in [7, 11) is 0.